The monoisotopic (exact) mass is 351 g/mol. The number of rotatable bonds is 5. The van der Waals surface area contributed by atoms with Gasteiger partial charge >= 0.3 is 0 Å². The van der Waals surface area contributed by atoms with E-state index >= 15 is 0 Å². The van der Waals surface area contributed by atoms with Crippen molar-refractivity contribution in [2.75, 3.05) is 17.2 Å². The van der Waals surface area contributed by atoms with E-state index in [4.69, 9.17) is 22.1 Å². The van der Waals surface area contributed by atoms with E-state index < -0.39 is 10.0 Å². The highest BCUT2D eigenvalue weighted by molar-refractivity contribution is 7.89. The fraction of sp³-hybridized carbons (Fsp3) is 0.133. The molecule has 0 unspecified atom stereocenters. The molecule has 0 fully saturated rings. The summed E-state index contributed by atoms with van der Waals surface area (Å²) in [5.41, 5.74) is 1.47. The van der Waals surface area contributed by atoms with Gasteiger partial charge in [-0.25, -0.2) is 13.6 Å². The third-order valence-electron chi connectivity index (χ3n) is 2.86. The number of hydrogen-bond donors (Lipinski definition) is 3. The van der Waals surface area contributed by atoms with Crippen LogP contribution < -0.4 is 20.5 Å². The summed E-state index contributed by atoms with van der Waals surface area (Å²) in [6.07, 6.45) is 0. The molecular formula is C15H17N3O3S2. The quantitative estimate of drug-likeness (QED) is 0.717. The third-order valence-corrected chi connectivity index (χ3v) is 4.00. The minimum absolute atomic E-state index is 0.0495. The van der Waals surface area contributed by atoms with Gasteiger partial charge in [-0.05, 0) is 67.7 Å². The highest BCUT2D eigenvalue weighted by Gasteiger charge is 2.07. The molecule has 0 aliphatic rings. The van der Waals surface area contributed by atoms with Crippen LogP contribution in [0.5, 0.6) is 5.75 Å². The predicted octanol–water partition coefficient (Wildman–Crippen LogP) is 2.54. The van der Waals surface area contributed by atoms with E-state index in [-0.39, 0.29) is 4.90 Å². The molecule has 122 valence electrons. The van der Waals surface area contributed by atoms with Crippen LogP contribution in [0.2, 0.25) is 0 Å². The van der Waals surface area contributed by atoms with Crippen molar-refractivity contribution in [1.29, 1.82) is 0 Å². The lowest BCUT2D eigenvalue weighted by Gasteiger charge is -2.11. The molecule has 8 heteroatoms. The predicted molar refractivity (Wildman–Crippen MR) is 95.3 cm³/mol. The van der Waals surface area contributed by atoms with Crippen molar-refractivity contribution in [2.45, 2.75) is 11.8 Å². The zero-order valence-corrected chi connectivity index (χ0v) is 14.1. The molecule has 0 aliphatic carbocycles. The first kappa shape index (κ1) is 17.2. The SMILES string of the molecule is CCOc1ccc(NC(=S)Nc2ccc(S(N)(=O)=O)cc2)cc1. The molecule has 2 aromatic carbocycles. The Kier molecular flexibility index (Phi) is 5.54. The van der Waals surface area contributed by atoms with Gasteiger partial charge in [0.1, 0.15) is 5.75 Å². The average molecular weight is 351 g/mol. The molecule has 0 saturated heterocycles. The van der Waals surface area contributed by atoms with Gasteiger partial charge in [0.15, 0.2) is 5.11 Å². The highest BCUT2D eigenvalue weighted by Crippen LogP contribution is 2.17. The van der Waals surface area contributed by atoms with Crippen LogP contribution in [0.1, 0.15) is 6.92 Å². The first-order chi connectivity index (χ1) is 10.9. The Labute approximate surface area is 140 Å². The summed E-state index contributed by atoms with van der Waals surface area (Å²) in [4.78, 5) is 0.0495. The largest absolute Gasteiger partial charge is 0.494 e. The molecule has 23 heavy (non-hydrogen) atoms. The highest BCUT2D eigenvalue weighted by atomic mass is 32.2. The number of sulfonamides is 1. The van der Waals surface area contributed by atoms with Crippen molar-refractivity contribution in [2.24, 2.45) is 5.14 Å². The normalized spacial score (nSPS) is 10.9. The van der Waals surface area contributed by atoms with Gasteiger partial charge in [0, 0.05) is 11.4 Å². The van der Waals surface area contributed by atoms with Crippen LogP contribution in [0.4, 0.5) is 11.4 Å². The van der Waals surface area contributed by atoms with Gasteiger partial charge < -0.3 is 15.4 Å². The molecule has 0 bridgehead atoms. The van der Waals surface area contributed by atoms with Crippen LogP contribution in [0.3, 0.4) is 0 Å². The molecule has 0 atom stereocenters. The first-order valence-corrected chi connectivity index (χ1v) is 8.77. The van der Waals surface area contributed by atoms with E-state index in [1.807, 2.05) is 31.2 Å². The minimum Gasteiger partial charge on any atom is -0.494 e. The zero-order valence-electron chi connectivity index (χ0n) is 12.4. The Hall–Kier alpha value is -2.16. The summed E-state index contributed by atoms with van der Waals surface area (Å²) in [5, 5.41) is 11.4. The summed E-state index contributed by atoms with van der Waals surface area (Å²) < 4.78 is 27.7. The van der Waals surface area contributed by atoms with Crippen LogP contribution in [-0.2, 0) is 10.0 Å². The van der Waals surface area contributed by atoms with E-state index in [9.17, 15) is 8.42 Å². The maximum Gasteiger partial charge on any atom is 0.238 e. The van der Waals surface area contributed by atoms with Gasteiger partial charge in [0.05, 0.1) is 11.5 Å². The number of primary sulfonamides is 1. The molecule has 2 rings (SSSR count). The maximum absolute atomic E-state index is 11.2. The van der Waals surface area contributed by atoms with Crippen molar-refractivity contribution in [3.05, 3.63) is 48.5 Å². The standard InChI is InChI=1S/C15H17N3O3S2/c1-2-21-13-7-3-11(4-8-13)17-15(22)18-12-5-9-14(10-6-12)23(16,19)20/h3-10H,2H2,1H3,(H2,16,19,20)(H2,17,18,22). The van der Waals surface area contributed by atoms with E-state index in [0.29, 0.717) is 17.4 Å². The van der Waals surface area contributed by atoms with Gasteiger partial charge in [-0.3, -0.25) is 0 Å². The molecule has 0 spiro atoms. The van der Waals surface area contributed by atoms with Crippen LogP contribution >= 0.6 is 12.2 Å². The molecular weight excluding hydrogens is 334 g/mol. The minimum atomic E-state index is -3.69. The molecule has 6 nitrogen and oxygen atoms in total. The summed E-state index contributed by atoms with van der Waals surface area (Å²) in [5.74, 6) is 0.788. The second-order valence-corrected chi connectivity index (χ2v) is 6.58. The van der Waals surface area contributed by atoms with Crippen molar-refractivity contribution < 1.29 is 13.2 Å². The second-order valence-electron chi connectivity index (χ2n) is 4.61. The van der Waals surface area contributed by atoms with Gasteiger partial charge in [0.2, 0.25) is 10.0 Å². The lowest BCUT2D eigenvalue weighted by atomic mass is 10.3. The lowest BCUT2D eigenvalue weighted by Crippen LogP contribution is -2.19. The fourth-order valence-electron chi connectivity index (χ4n) is 1.82. The summed E-state index contributed by atoms with van der Waals surface area (Å²) in [7, 11) is -3.69. The van der Waals surface area contributed by atoms with Crippen molar-refractivity contribution in [1.82, 2.24) is 0 Å². The Morgan fingerprint density at radius 2 is 1.52 bits per heavy atom. The van der Waals surface area contributed by atoms with E-state index in [1.54, 1.807) is 12.1 Å². The fourth-order valence-corrected chi connectivity index (χ4v) is 2.57. The van der Waals surface area contributed by atoms with Crippen molar-refractivity contribution in [3.63, 3.8) is 0 Å². The van der Waals surface area contributed by atoms with Crippen LogP contribution in [0.25, 0.3) is 0 Å². The number of ether oxygens (including phenoxy) is 1. The number of anilines is 2. The van der Waals surface area contributed by atoms with Gasteiger partial charge in [-0.15, -0.1) is 0 Å². The number of nitrogens with one attached hydrogen (secondary N) is 2. The molecule has 0 aromatic heterocycles. The van der Waals surface area contributed by atoms with Gasteiger partial charge in [-0.1, -0.05) is 0 Å². The van der Waals surface area contributed by atoms with E-state index in [2.05, 4.69) is 10.6 Å². The Morgan fingerprint density at radius 3 is 1.96 bits per heavy atom. The molecule has 0 aliphatic heterocycles. The maximum atomic E-state index is 11.2. The lowest BCUT2D eigenvalue weighted by molar-refractivity contribution is 0.340. The molecule has 0 amide bonds. The number of benzene rings is 2. The Morgan fingerprint density at radius 1 is 1.04 bits per heavy atom. The molecule has 4 N–H and O–H groups in total. The number of nitrogens with two attached hydrogens (primary N) is 1. The average Bonchev–Trinajstić information content (AvgIpc) is 2.49. The van der Waals surface area contributed by atoms with Gasteiger partial charge in [-0.2, -0.15) is 0 Å². The van der Waals surface area contributed by atoms with Crippen molar-refractivity contribution in [3.8, 4) is 5.75 Å². The molecule has 2 aromatic rings. The summed E-state index contributed by atoms with van der Waals surface area (Å²) in [6, 6.07) is 13.4. The van der Waals surface area contributed by atoms with Crippen LogP contribution in [0.15, 0.2) is 53.4 Å². The topological polar surface area (TPSA) is 93.4 Å². The first-order valence-electron chi connectivity index (χ1n) is 6.82. The van der Waals surface area contributed by atoms with Crippen LogP contribution in [-0.4, -0.2) is 20.1 Å². The Bertz CT molecular complexity index is 773. The van der Waals surface area contributed by atoms with Crippen molar-refractivity contribution >= 4 is 38.7 Å². The molecule has 0 saturated carbocycles. The van der Waals surface area contributed by atoms with E-state index in [0.717, 1.165) is 11.4 Å². The number of thiocarbonyl (C=S) groups is 1. The van der Waals surface area contributed by atoms with E-state index in [1.165, 1.54) is 12.1 Å². The smallest absolute Gasteiger partial charge is 0.238 e. The summed E-state index contributed by atoms with van der Waals surface area (Å²) >= 11 is 5.21. The number of hydrogen-bond acceptors (Lipinski definition) is 4. The third kappa shape index (κ3) is 5.20. The Balaban J connectivity index is 1.96. The second kappa shape index (κ2) is 7.40. The summed E-state index contributed by atoms with van der Waals surface area (Å²) in [6.45, 7) is 2.54. The van der Waals surface area contributed by atoms with Crippen LogP contribution in [0, 0.1) is 0 Å². The molecule has 0 radical (unpaired) electrons. The van der Waals surface area contributed by atoms with Gasteiger partial charge in [0.25, 0.3) is 0 Å². The molecule has 0 heterocycles. The zero-order chi connectivity index (χ0) is 16.9.